The van der Waals surface area contributed by atoms with Crippen LogP contribution >= 0.6 is 0 Å². The van der Waals surface area contributed by atoms with Crippen molar-refractivity contribution < 1.29 is 4.84 Å². The monoisotopic (exact) mass is 171 g/mol. The Bertz CT molecular complexity index is 135. The van der Waals surface area contributed by atoms with Crippen LogP contribution in [0, 0.1) is 5.92 Å². The first kappa shape index (κ1) is 10.0. The van der Waals surface area contributed by atoms with Gasteiger partial charge in [0.2, 0.25) is 0 Å². The van der Waals surface area contributed by atoms with Gasteiger partial charge in [-0.1, -0.05) is 6.92 Å². The van der Waals surface area contributed by atoms with Crippen molar-refractivity contribution in [1.29, 1.82) is 0 Å². The van der Waals surface area contributed by atoms with Gasteiger partial charge in [0, 0.05) is 6.04 Å². The van der Waals surface area contributed by atoms with Gasteiger partial charge in [-0.15, -0.1) is 0 Å². The van der Waals surface area contributed by atoms with Gasteiger partial charge in [-0.05, 0) is 46.0 Å². The molecule has 0 saturated heterocycles. The van der Waals surface area contributed by atoms with E-state index in [0.717, 1.165) is 5.92 Å². The fraction of sp³-hybridized carbons (Fsp3) is 1.00. The zero-order valence-corrected chi connectivity index (χ0v) is 8.68. The van der Waals surface area contributed by atoms with Gasteiger partial charge >= 0.3 is 0 Å². The zero-order chi connectivity index (χ0) is 9.19. The van der Waals surface area contributed by atoms with E-state index in [1.165, 1.54) is 19.3 Å². The van der Waals surface area contributed by atoms with Gasteiger partial charge in [-0.2, -0.15) is 5.48 Å². The van der Waals surface area contributed by atoms with Crippen molar-refractivity contribution in [2.45, 2.75) is 58.6 Å². The van der Waals surface area contributed by atoms with Crippen molar-refractivity contribution >= 4 is 0 Å². The lowest BCUT2D eigenvalue weighted by molar-refractivity contribution is -0.0917. The van der Waals surface area contributed by atoms with E-state index < -0.39 is 0 Å². The third-order valence-corrected chi connectivity index (χ3v) is 2.15. The average molecular weight is 171 g/mol. The number of hydrogen-bond donors (Lipinski definition) is 1. The molecule has 1 N–H and O–H groups in total. The van der Waals surface area contributed by atoms with E-state index in [4.69, 9.17) is 4.84 Å². The molecule has 1 atom stereocenters. The van der Waals surface area contributed by atoms with Gasteiger partial charge in [-0.3, -0.25) is 4.84 Å². The second-order valence-electron chi connectivity index (χ2n) is 4.68. The van der Waals surface area contributed by atoms with Gasteiger partial charge in [-0.25, -0.2) is 0 Å². The van der Waals surface area contributed by atoms with Crippen LogP contribution in [0.25, 0.3) is 0 Å². The summed E-state index contributed by atoms with van der Waals surface area (Å²) in [7, 11) is 0. The molecule has 0 aliphatic heterocycles. The first-order valence-corrected chi connectivity index (χ1v) is 4.96. The SMILES string of the molecule is CCC(NOC(C)(C)C)C1CC1. The van der Waals surface area contributed by atoms with Crippen LogP contribution in [-0.2, 0) is 4.84 Å². The summed E-state index contributed by atoms with van der Waals surface area (Å²) in [6.07, 6.45) is 3.92. The highest BCUT2D eigenvalue weighted by molar-refractivity contribution is 4.83. The summed E-state index contributed by atoms with van der Waals surface area (Å²) in [6.45, 7) is 8.42. The molecule has 1 aliphatic carbocycles. The van der Waals surface area contributed by atoms with Crippen molar-refractivity contribution in [2.75, 3.05) is 0 Å². The van der Waals surface area contributed by atoms with Gasteiger partial charge in [0.1, 0.15) is 0 Å². The number of hydrogen-bond acceptors (Lipinski definition) is 2. The van der Waals surface area contributed by atoms with E-state index in [1.807, 2.05) is 0 Å². The minimum atomic E-state index is -0.0672. The molecule has 1 unspecified atom stereocenters. The van der Waals surface area contributed by atoms with E-state index in [-0.39, 0.29) is 5.60 Å². The molecule has 1 saturated carbocycles. The molecule has 2 nitrogen and oxygen atoms in total. The van der Waals surface area contributed by atoms with E-state index in [2.05, 4.69) is 33.2 Å². The normalized spacial score (nSPS) is 21.0. The average Bonchev–Trinajstić information content (AvgIpc) is 2.70. The molecule has 12 heavy (non-hydrogen) atoms. The fourth-order valence-electron chi connectivity index (χ4n) is 1.26. The lowest BCUT2D eigenvalue weighted by Crippen LogP contribution is -2.37. The van der Waals surface area contributed by atoms with E-state index >= 15 is 0 Å². The van der Waals surface area contributed by atoms with Crippen molar-refractivity contribution in [3.05, 3.63) is 0 Å². The van der Waals surface area contributed by atoms with Gasteiger partial charge in [0.05, 0.1) is 5.60 Å². The molecule has 72 valence electrons. The maximum absolute atomic E-state index is 5.53. The first-order chi connectivity index (χ1) is 5.53. The molecular formula is C10H21NO. The summed E-state index contributed by atoms with van der Waals surface area (Å²) in [5.41, 5.74) is 3.10. The Hall–Kier alpha value is -0.0800. The smallest absolute Gasteiger partial charge is 0.0813 e. The summed E-state index contributed by atoms with van der Waals surface area (Å²) in [5, 5.41) is 0. The molecule has 1 aliphatic rings. The van der Waals surface area contributed by atoms with E-state index in [0.29, 0.717) is 6.04 Å². The minimum absolute atomic E-state index is 0.0672. The van der Waals surface area contributed by atoms with Crippen molar-refractivity contribution in [2.24, 2.45) is 5.92 Å². The molecule has 0 heterocycles. The highest BCUT2D eigenvalue weighted by atomic mass is 16.7. The Morgan fingerprint density at radius 3 is 2.33 bits per heavy atom. The molecule has 0 aromatic rings. The van der Waals surface area contributed by atoms with E-state index in [9.17, 15) is 0 Å². The van der Waals surface area contributed by atoms with Crippen molar-refractivity contribution in [3.63, 3.8) is 0 Å². The molecule has 0 bridgehead atoms. The molecule has 0 aromatic heterocycles. The van der Waals surface area contributed by atoms with Crippen LogP contribution in [0.3, 0.4) is 0 Å². The topological polar surface area (TPSA) is 21.3 Å². The summed E-state index contributed by atoms with van der Waals surface area (Å²) in [4.78, 5) is 5.53. The predicted molar refractivity (Wildman–Crippen MR) is 50.8 cm³/mol. The van der Waals surface area contributed by atoms with Crippen LogP contribution in [0.15, 0.2) is 0 Å². The summed E-state index contributed by atoms with van der Waals surface area (Å²) in [5.74, 6) is 0.873. The third-order valence-electron chi connectivity index (χ3n) is 2.15. The summed E-state index contributed by atoms with van der Waals surface area (Å²) < 4.78 is 0. The van der Waals surface area contributed by atoms with Gasteiger partial charge < -0.3 is 0 Å². The van der Waals surface area contributed by atoms with Crippen molar-refractivity contribution in [1.82, 2.24) is 5.48 Å². The quantitative estimate of drug-likeness (QED) is 0.656. The summed E-state index contributed by atoms with van der Waals surface area (Å²) >= 11 is 0. The minimum Gasteiger partial charge on any atom is -0.296 e. The maximum atomic E-state index is 5.53. The Morgan fingerprint density at radius 2 is 2.00 bits per heavy atom. The number of rotatable bonds is 4. The fourth-order valence-corrected chi connectivity index (χ4v) is 1.26. The van der Waals surface area contributed by atoms with Crippen LogP contribution in [0.1, 0.15) is 47.0 Å². The second-order valence-corrected chi connectivity index (χ2v) is 4.68. The van der Waals surface area contributed by atoms with Crippen molar-refractivity contribution in [3.8, 4) is 0 Å². The van der Waals surface area contributed by atoms with Gasteiger partial charge in [0.25, 0.3) is 0 Å². The van der Waals surface area contributed by atoms with E-state index in [1.54, 1.807) is 0 Å². The summed E-state index contributed by atoms with van der Waals surface area (Å²) in [6, 6.07) is 0.573. The Morgan fingerprint density at radius 1 is 1.42 bits per heavy atom. The molecular weight excluding hydrogens is 150 g/mol. The lowest BCUT2D eigenvalue weighted by atomic mass is 10.1. The van der Waals surface area contributed by atoms with Gasteiger partial charge in [0.15, 0.2) is 0 Å². The molecule has 1 rings (SSSR count). The Labute approximate surface area is 75.6 Å². The zero-order valence-electron chi connectivity index (χ0n) is 8.68. The highest BCUT2D eigenvalue weighted by Crippen LogP contribution is 2.34. The number of nitrogens with one attached hydrogen (secondary N) is 1. The largest absolute Gasteiger partial charge is 0.296 e. The molecule has 1 fully saturated rings. The molecule has 2 heteroatoms. The van der Waals surface area contributed by atoms with Crippen LogP contribution in [0.4, 0.5) is 0 Å². The first-order valence-electron chi connectivity index (χ1n) is 4.96. The molecule has 0 amide bonds. The Kier molecular flexibility index (Phi) is 3.13. The van der Waals surface area contributed by atoms with Crippen LogP contribution in [0.5, 0.6) is 0 Å². The highest BCUT2D eigenvalue weighted by Gasteiger charge is 2.30. The third kappa shape index (κ3) is 3.55. The van der Waals surface area contributed by atoms with Crippen LogP contribution in [0.2, 0.25) is 0 Å². The molecule has 0 radical (unpaired) electrons. The predicted octanol–water partition coefficient (Wildman–Crippen LogP) is 2.49. The molecule has 0 spiro atoms. The van der Waals surface area contributed by atoms with Crippen LogP contribution in [-0.4, -0.2) is 11.6 Å². The Balaban J connectivity index is 2.19. The molecule has 0 aromatic carbocycles. The second kappa shape index (κ2) is 3.75. The van der Waals surface area contributed by atoms with Crippen LogP contribution < -0.4 is 5.48 Å². The maximum Gasteiger partial charge on any atom is 0.0813 e. The lowest BCUT2D eigenvalue weighted by Gasteiger charge is -2.24. The standard InChI is InChI=1S/C10H21NO/c1-5-9(8-6-7-8)11-12-10(2,3)4/h8-9,11H,5-7H2,1-4H3. The number of hydroxylamine groups is 1.